The van der Waals surface area contributed by atoms with Gasteiger partial charge in [0, 0.05) is 24.0 Å². The molecule has 0 amide bonds. The van der Waals surface area contributed by atoms with Gasteiger partial charge in [-0.3, -0.25) is 0 Å². The van der Waals surface area contributed by atoms with Gasteiger partial charge in [0.15, 0.2) is 6.20 Å². The van der Waals surface area contributed by atoms with Gasteiger partial charge < -0.3 is 0 Å². The molecule has 2 aromatic carbocycles. The fourth-order valence-corrected chi connectivity index (χ4v) is 2.93. The number of hydrogen-bond acceptors (Lipinski definition) is 0. The van der Waals surface area contributed by atoms with Crippen molar-refractivity contribution in [3.8, 4) is 22.4 Å². The fourth-order valence-electron chi connectivity index (χ4n) is 2.93. The van der Waals surface area contributed by atoms with Crippen molar-refractivity contribution < 1.29 is 16.9 Å². The molecule has 0 aliphatic carbocycles. The molecule has 3 aromatic rings. The molecule has 0 unspecified atom stereocenters. The van der Waals surface area contributed by atoms with Gasteiger partial charge in [0.2, 0.25) is 5.69 Å². The molecule has 116 valence electrons. The van der Waals surface area contributed by atoms with Crippen LogP contribution in [0.15, 0.2) is 54.7 Å². The largest absolute Gasteiger partial charge is 0.213 e. The van der Waals surface area contributed by atoms with E-state index in [-0.39, 0.29) is 22.3 Å². The highest BCUT2D eigenvalue weighted by Gasteiger charge is 2.19. The number of aryl methyl sites for hydroxylation is 5. The lowest BCUT2D eigenvalue weighted by Crippen LogP contribution is -2.31. The summed E-state index contributed by atoms with van der Waals surface area (Å²) >= 11 is 0. The highest BCUT2D eigenvalue weighted by molar-refractivity contribution is 5.86. The predicted octanol–water partition coefficient (Wildman–Crippen LogP) is 5.08. The maximum absolute atomic E-state index is 8.01. The second-order valence-corrected chi connectivity index (χ2v) is 5.64. The number of aromatic nitrogens is 1. The lowest BCUT2D eigenvalue weighted by molar-refractivity contribution is -0.660. The van der Waals surface area contributed by atoms with E-state index in [2.05, 4.69) is 0 Å². The van der Waals surface area contributed by atoms with E-state index in [0.29, 0.717) is 16.8 Å². The van der Waals surface area contributed by atoms with Crippen molar-refractivity contribution in [1.82, 2.24) is 0 Å². The van der Waals surface area contributed by atoms with Crippen molar-refractivity contribution >= 4 is 0 Å². The van der Waals surface area contributed by atoms with Gasteiger partial charge >= 0.3 is 0 Å². The van der Waals surface area contributed by atoms with Crippen LogP contribution >= 0.6 is 0 Å². The Morgan fingerprint density at radius 2 is 1.48 bits per heavy atom. The van der Waals surface area contributed by atoms with Gasteiger partial charge in [0.1, 0.15) is 7.05 Å². The third-order valence-electron chi connectivity index (χ3n) is 4.00. The number of nitrogens with zero attached hydrogens (tertiary/aromatic N) is 1. The first-order chi connectivity index (χ1) is 14.6. The zero-order chi connectivity index (χ0) is 24.1. The van der Waals surface area contributed by atoms with E-state index < -0.39 is 20.6 Å². The molecule has 0 saturated heterocycles. The van der Waals surface area contributed by atoms with Crippen molar-refractivity contribution in [3.63, 3.8) is 0 Å². The van der Waals surface area contributed by atoms with E-state index in [0.717, 1.165) is 5.56 Å². The molecule has 0 radical (unpaired) electrons. The molecule has 3 rings (SSSR count). The summed E-state index contributed by atoms with van der Waals surface area (Å²) in [6, 6.07) is 12.8. The van der Waals surface area contributed by atoms with Gasteiger partial charge in [-0.1, -0.05) is 36.4 Å². The van der Waals surface area contributed by atoms with Gasteiger partial charge in [-0.05, 0) is 61.4 Å². The van der Waals surface area contributed by atoms with Crippen molar-refractivity contribution in [3.05, 3.63) is 77.0 Å². The lowest BCUT2D eigenvalue weighted by Gasteiger charge is -2.15. The first-order valence-electron chi connectivity index (χ1n) is 11.9. The Balaban J connectivity index is 2.41. The Labute approximate surface area is 151 Å². The fraction of sp³-hybridized carbons (Fsp3) is 0.227. The predicted molar refractivity (Wildman–Crippen MR) is 97.4 cm³/mol. The molecule has 1 nitrogen and oxygen atoms in total. The smallest absolute Gasteiger partial charge is 0.201 e. The van der Waals surface area contributed by atoms with Gasteiger partial charge in [0.25, 0.3) is 0 Å². The monoisotopic (exact) mass is 311 g/mol. The molecule has 0 aliphatic rings. The average Bonchev–Trinajstić information content (AvgIpc) is 2.65. The van der Waals surface area contributed by atoms with Crippen molar-refractivity contribution in [2.24, 2.45) is 7.05 Å². The summed E-state index contributed by atoms with van der Waals surface area (Å²) in [5, 5.41) is 0. The van der Waals surface area contributed by atoms with Gasteiger partial charge in [-0.25, -0.2) is 4.57 Å². The van der Waals surface area contributed by atoms with Crippen LogP contribution < -0.4 is 4.57 Å². The third-order valence-corrected chi connectivity index (χ3v) is 4.00. The summed E-state index contributed by atoms with van der Waals surface area (Å²) in [6.07, 6.45) is 1.51. The maximum atomic E-state index is 8.01. The first kappa shape index (κ1) is 7.92. The summed E-state index contributed by atoms with van der Waals surface area (Å²) in [5.41, 5.74) is 2.81. The summed E-state index contributed by atoms with van der Waals surface area (Å²) in [7, 11) is 1.71. The second-order valence-electron chi connectivity index (χ2n) is 5.64. The van der Waals surface area contributed by atoms with E-state index >= 15 is 0 Å². The molecule has 0 aliphatic heterocycles. The number of rotatable bonds is 2. The van der Waals surface area contributed by atoms with Gasteiger partial charge in [0.05, 0.1) is 5.56 Å². The molecule has 0 bridgehead atoms. The van der Waals surface area contributed by atoms with Gasteiger partial charge in [-0.2, -0.15) is 0 Å². The van der Waals surface area contributed by atoms with Gasteiger partial charge in [-0.15, -0.1) is 0 Å². The molecule has 0 spiro atoms. The molecule has 1 heteroatoms. The minimum absolute atomic E-state index is 0.0419. The first-order valence-corrected chi connectivity index (χ1v) is 7.37. The third kappa shape index (κ3) is 2.79. The minimum atomic E-state index is -2.52. The summed E-state index contributed by atoms with van der Waals surface area (Å²) in [4.78, 5) is 0. The second kappa shape index (κ2) is 6.00. The minimum Gasteiger partial charge on any atom is -0.201 e. The molecule has 0 fully saturated rings. The van der Waals surface area contributed by atoms with Crippen molar-refractivity contribution in [1.29, 1.82) is 0 Å². The Bertz CT molecular complexity index is 1120. The van der Waals surface area contributed by atoms with Crippen LogP contribution in [0.5, 0.6) is 0 Å². The number of hydrogen-bond donors (Lipinski definition) is 0. The Morgan fingerprint density at radius 3 is 2.13 bits per heavy atom. The topological polar surface area (TPSA) is 3.88 Å². The lowest BCUT2D eigenvalue weighted by atomic mass is 9.88. The van der Waals surface area contributed by atoms with Crippen molar-refractivity contribution in [2.75, 3.05) is 0 Å². The van der Waals surface area contributed by atoms with Crippen LogP contribution in [0.25, 0.3) is 22.4 Å². The summed E-state index contributed by atoms with van der Waals surface area (Å²) in [5.74, 6) is 0. The molecule has 1 heterocycles. The van der Waals surface area contributed by atoms with Crippen LogP contribution in [0.4, 0.5) is 0 Å². The van der Waals surface area contributed by atoms with Crippen LogP contribution in [0.1, 0.15) is 34.6 Å². The zero-order valence-corrected chi connectivity index (χ0v) is 13.1. The molecule has 0 saturated carbocycles. The quantitative estimate of drug-likeness (QED) is 0.581. The van der Waals surface area contributed by atoms with Crippen LogP contribution in [0.2, 0.25) is 0 Å². The molecule has 0 atom stereocenters. The molecular weight excluding hydrogens is 278 g/mol. The number of benzene rings is 2. The molecule has 0 N–H and O–H groups in total. The Kier molecular flexibility index (Phi) is 2.07. The highest BCUT2D eigenvalue weighted by atomic mass is 14.9. The van der Waals surface area contributed by atoms with E-state index in [1.54, 1.807) is 29.8 Å². The van der Waals surface area contributed by atoms with E-state index in [4.69, 9.17) is 12.3 Å². The van der Waals surface area contributed by atoms with E-state index in [1.165, 1.54) is 30.5 Å². The highest BCUT2D eigenvalue weighted by Crippen LogP contribution is 2.36. The molecule has 23 heavy (non-hydrogen) atoms. The normalized spacial score (nSPS) is 18.3. The summed E-state index contributed by atoms with van der Waals surface area (Å²) < 4.78 is 72.7. The van der Waals surface area contributed by atoms with E-state index in [1.807, 2.05) is 13.0 Å². The van der Waals surface area contributed by atoms with E-state index in [9.17, 15) is 0 Å². The Hall–Kier alpha value is -2.41. The average molecular weight is 311 g/mol. The molecular formula is C22H24N+. The van der Waals surface area contributed by atoms with Crippen LogP contribution in [-0.2, 0) is 7.05 Å². The van der Waals surface area contributed by atoms with Crippen LogP contribution in [-0.4, -0.2) is 0 Å². The molecule has 1 aromatic heterocycles. The van der Waals surface area contributed by atoms with Crippen LogP contribution in [0, 0.1) is 27.5 Å². The standard InChI is InChI=1S/C22H24N/c1-15-12-13-20(23(5)14-15)22-18(4)10-7-11-19(22)21-16(2)8-6-9-17(21)3/h6-14H,1-5H3/q+1/i1D3,2D3,3D3. The summed E-state index contributed by atoms with van der Waals surface area (Å²) in [6.45, 7) is -5.47. The van der Waals surface area contributed by atoms with Crippen LogP contribution in [0.3, 0.4) is 0 Å². The Morgan fingerprint density at radius 1 is 0.783 bits per heavy atom. The number of pyridine rings is 1. The maximum Gasteiger partial charge on any atom is 0.213 e. The SMILES string of the molecule is [2H]C([2H])([2H])c1ccc(-c2c(C)cccc2-c2c(C([2H])([2H])[2H])cccc2C([2H])([2H])[2H])[n+](C)c1. The van der Waals surface area contributed by atoms with Crippen molar-refractivity contribution in [2.45, 2.75) is 27.5 Å². The zero-order valence-electron chi connectivity index (χ0n) is 22.1.